The largest absolute Gasteiger partial charge is 0.507 e. The Morgan fingerprint density at radius 1 is 1.13 bits per heavy atom. The number of hydrogen-bond donors (Lipinski definition) is 4. The van der Waals surface area contributed by atoms with Gasteiger partial charge in [0, 0.05) is 49.7 Å². The number of piperazine rings is 1. The first-order valence-electron chi connectivity index (χ1n) is 11.5. The minimum Gasteiger partial charge on any atom is -0.507 e. The first kappa shape index (κ1) is 26.7. The number of dihydropyridines is 1. The average molecular weight is 532 g/mol. The fourth-order valence-electron chi connectivity index (χ4n) is 4.26. The fraction of sp³-hybridized carbons (Fsp3) is 0.231. The molecular weight excluding hydrogens is 506 g/mol. The lowest BCUT2D eigenvalue weighted by molar-refractivity contribution is -0.115. The van der Waals surface area contributed by atoms with Crippen molar-refractivity contribution in [1.82, 2.24) is 10.2 Å². The molecule has 38 heavy (non-hydrogen) atoms. The van der Waals surface area contributed by atoms with Crippen LogP contribution in [0.3, 0.4) is 0 Å². The van der Waals surface area contributed by atoms with Crippen LogP contribution >= 0.6 is 0 Å². The number of nitrogens with one attached hydrogen (secondary N) is 2. The number of alkyl halides is 3. The summed E-state index contributed by atoms with van der Waals surface area (Å²) in [5.41, 5.74) is 3.90. The summed E-state index contributed by atoms with van der Waals surface area (Å²) < 4.78 is 55.8. The van der Waals surface area contributed by atoms with E-state index in [1.54, 1.807) is 12.1 Å². The maximum atomic E-state index is 14.8. The molecular formula is C26H25F4N5O3. The van der Waals surface area contributed by atoms with Crippen molar-refractivity contribution in [2.24, 2.45) is 5.73 Å². The lowest BCUT2D eigenvalue weighted by Crippen LogP contribution is -2.44. The molecule has 12 heteroatoms. The van der Waals surface area contributed by atoms with Crippen molar-refractivity contribution in [3.05, 3.63) is 77.4 Å². The number of hydrogen-bond acceptors (Lipinski definition) is 6. The normalized spacial score (nSPS) is 16.4. The number of allylic oxidation sites excluding steroid dienone is 1. The molecule has 1 fully saturated rings. The molecule has 2 aliphatic rings. The van der Waals surface area contributed by atoms with E-state index in [4.69, 9.17) is 5.73 Å². The summed E-state index contributed by atoms with van der Waals surface area (Å²) in [5, 5.41) is 14.9. The number of nitrogens with two attached hydrogens (primary N) is 1. The van der Waals surface area contributed by atoms with Crippen LogP contribution in [-0.2, 0) is 4.79 Å². The Morgan fingerprint density at radius 2 is 1.82 bits per heavy atom. The molecule has 0 aromatic heterocycles. The topological polar surface area (TPSA) is 111 Å². The van der Waals surface area contributed by atoms with Crippen LogP contribution in [0.1, 0.15) is 10.4 Å². The highest BCUT2D eigenvalue weighted by atomic mass is 19.4. The predicted octanol–water partition coefficient (Wildman–Crippen LogP) is 3.48. The molecule has 4 rings (SSSR count). The van der Waals surface area contributed by atoms with Gasteiger partial charge < -0.3 is 31.3 Å². The molecule has 0 unspecified atom stereocenters. The van der Waals surface area contributed by atoms with Gasteiger partial charge in [-0.25, -0.2) is 4.39 Å². The minimum atomic E-state index is -4.81. The number of aromatic hydroxyl groups is 1. The number of likely N-dealkylation sites (N-methyl/N-ethyl adjacent to an activating group) is 1. The Bertz CT molecular complexity index is 1380. The summed E-state index contributed by atoms with van der Waals surface area (Å²) >= 11 is 0. The van der Waals surface area contributed by atoms with E-state index in [1.807, 2.05) is 11.9 Å². The molecule has 0 bridgehead atoms. The summed E-state index contributed by atoms with van der Waals surface area (Å²) in [6.07, 6.45) is -3.14. The third kappa shape index (κ3) is 5.49. The van der Waals surface area contributed by atoms with Crippen LogP contribution in [0.25, 0.3) is 11.1 Å². The molecule has 0 radical (unpaired) electrons. The van der Waals surface area contributed by atoms with Crippen LogP contribution in [-0.4, -0.2) is 61.2 Å². The second-order valence-corrected chi connectivity index (χ2v) is 8.97. The maximum absolute atomic E-state index is 14.8. The molecule has 2 amide bonds. The Balaban J connectivity index is 1.77. The maximum Gasteiger partial charge on any atom is 0.417 e. The Kier molecular flexibility index (Phi) is 7.18. The van der Waals surface area contributed by atoms with Crippen molar-refractivity contribution in [3.8, 4) is 16.9 Å². The van der Waals surface area contributed by atoms with Crippen LogP contribution in [0.15, 0.2) is 66.0 Å². The van der Waals surface area contributed by atoms with Gasteiger partial charge in [0.2, 0.25) is 0 Å². The van der Waals surface area contributed by atoms with Crippen LogP contribution in [0, 0.1) is 5.82 Å². The molecule has 2 heterocycles. The van der Waals surface area contributed by atoms with Crippen molar-refractivity contribution >= 4 is 23.2 Å². The molecule has 0 aliphatic carbocycles. The molecule has 2 aromatic rings. The first-order valence-corrected chi connectivity index (χ1v) is 11.5. The summed E-state index contributed by atoms with van der Waals surface area (Å²) in [6, 6.07) is 6.39. The number of carbonyl (C=O) groups excluding carboxylic acids is 2. The number of phenols is 1. The lowest BCUT2D eigenvalue weighted by Gasteiger charge is -2.35. The van der Waals surface area contributed by atoms with Crippen LogP contribution in [0.4, 0.5) is 28.9 Å². The van der Waals surface area contributed by atoms with Gasteiger partial charge in [0.05, 0.1) is 28.1 Å². The SMILES string of the molecule is C=C1C=C(C(F)(F)F)C(C(=O)Nc2cc(-c3cc(C(N)=O)c(O)cc3F)ccc2N2CCN(C)CC2)=CN1. The predicted molar refractivity (Wildman–Crippen MR) is 135 cm³/mol. The van der Waals surface area contributed by atoms with E-state index in [1.165, 1.54) is 6.07 Å². The number of nitrogens with zero attached hydrogens (tertiary/aromatic N) is 2. The first-order chi connectivity index (χ1) is 17.8. The van der Waals surface area contributed by atoms with Gasteiger partial charge in [-0.1, -0.05) is 12.6 Å². The highest BCUT2D eigenvalue weighted by Gasteiger charge is 2.39. The van der Waals surface area contributed by atoms with E-state index in [9.17, 15) is 32.3 Å². The summed E-state index contributed by atoms with van der Waals surface area (Å²) in [5.74, 6) is -3.51. The van der Waals surface area contributed by atoms with Crippen molar-refractivity contribution < 1.29 is 32.3 Å². The summed E-state index contributed by atoms with van der Waals surface area (Å²) in [7, 11) is 1.95. The molecule has 0 saturated carbocycles. The number of halogens is 4. The highest BCUT2D eigenvalue weighted by Crippen LogP contribution is 2.37. The van der Waals surface area contributed by atoms with Gasteiger partial charge in [-0.05, 0) is 36.9 Å². The molecule has 200 valence electrons. The third-order valence-corrected chi connectivity index (χ3v) is 6.31. The zero-order chi connectivity index (χ0) is 27.8. The minimum absolute atomic E-state index is 0.0259. The highest BCUT2D eigenvalue weighted by molar-refractivity contribution is 6.09. The quantitative estimate of drug-likeness (QED) is 0.440. The zero-order valence-electron chi connectivity index (χ0n) is 20.3. The number of rotatable bonds is 5. The van der Waals surface area contributed by atoms with E-state index in [0.29, 0.717) is 31.9 Å². The summed E-state index contributed by atoms with van der Waals surface area (Å²) in [4.78, 5) is 28.9. The van der Waals surface area contributed by atoms with E-state index >= 15 is 0 Å². The second kappa shape index (κ2) is 10.2. The molecule has 8 nitrogen and oxygen atoms in total. The molecule has 1 saturated heterocycles. The van der Waals surface area contributed by atoms with Gasteiger partial charge in [-0.3, -0.25) is 9.59 Å². The van der Waals surface area contributed by atoms with Gasteiger partial charge >= 0.3 is 6.18 Å². The monoisotopic (exact) mass is 531 g/mol. The van der Waals surface area contributed by atoms with Crippen molar-refractivity contribution in [2.75, 3.05) is 43.4 Å². The molecule has 2 aliphatic heterocycles. The molecule has 0 atom stereocenters. The Hall–Kier alpha value is -4.32. The lowest BCUT2D eigenvalue weighted by atomic mass is 9.99. The molecule has 2 aromatic carbocycles. The van der Waals surface area contributed by atoms with Gasteiger partial charge in [-0.2, -0.15) is 13.2 Å². The van der Waals surface area contributed by atoms with E-state index < -0.39 is 40.7 Å². The van der Waals surface area contributed by atoms with E-state index in [-0.39, 0.29) is 28.1 Å². The number of primary amides is 1. The number of benzene rings is 2. The van der Waals surface area contributed by atoms with Gasteiger partial charge in [0.25, 0.3) is 11.8 Å². The third-order valence-electron chi connectivity index (χ3n) is 6.31. The van der Waals surface area contributed by atoms with Crippen LogP contribution in [0.2, 0.25) is 0 Å². The van der Waals surface area contributed by atoms with Gasteiger partial charge in [-0.15, -0.1) is 0 Å². The average Bonchev–Trinajstić information content (AvgIpc) is 2.84. The summed E-state index contributed by atoms with van der Waals surface area (Å²) in [6.45, 7) is 6.03. The zero-order valence-corrected chi connectivity index (χ0v) is 20.3. The van der Waals surface area contributed by atoms with E-state index in [0.717, 1.165) is 24.4 Å². The van der Waals surface area contributed by atoms with Crippen LogP contribution < -0.4 is 21.3 Å². The Morgan fingerprint density at radius 3 is 2.45 bits per heavy atom. The van der Waals surface area contributed by atoms with Gasteiger partial charge in [0.1, 0.15) is 11.6 Å². The number of carbonyl (C=O) groups is 2. The fourth-order valence-corrected chi connectivity index (χ4v) is 4.26. The number of amides is 2. The van der Waals surface area contributed by atoms with Gasteiger partial charge in [0.15, 0.2) is 0 Å². The smallest absolute Gasteiger partial charge is 0.417 e. The Labute approximate surface area is 215 Å². The second-order valence-electron chi connectivity index (χ2n) is 8.97. The van der Waals surface area contributed by atoms with Crippen LogP contribution in [0.5, 0.6) is 5.75 Å². The van der Waals surface area contributed by atoms with Crippen molar-refractivity contribution in [1.29, 1.82) is 0 Å². The standard InChI is InChI=1S/C26H25F4N5O3/c1-14-9-19(26(28,29)30)18(13-32-14)25(38)33-21-10-15(3-4-22(21)35-7-5-34(2)6-8-35)16-11-17(24(31)37)23(36)12-20(16)27/h3-4,9-13,32,36H,1,5-8H2,2H3,(H2,31,37)(H,33,38). The van der Waals surface area contributed by atoms with Crippen molar-refractivity contribution in [2.45, 2.75) is 6.18 Å². The van der Waals surface area contributed by atoms with E-state index in [2.05, 4.69) is 22.1 Å². The molecule has 5 N–H and O–H groups in total. The molecule has 0 spiro atoms. The van der Waals surface area contributed by atoms with Crippen molar-refractivity contribution in [3.63, 3.8) is 0 Å². The number of anilines is 2.